The van der Waals surface area contributed by atoms with Crippen LogP contribution in [0.4, 0.5) is 27.8 Å². The minimum atomic E-state index is -4.44. The highest BCUT2D eigenvalue weighted by Gasteiger charge is 2.29. The third-order valence-electron chi connectivity index (χ3n) is 5.31. The van der Waals surface area contributed by atoms with Crippen molar-refractivity contribution in [2.45, 2.75) is 50.7 Å². The van der Waals surface area contributed by atoms with Crippen molar-refractivity contribution in [3.8, 4) is 5.75 Å². The average molecular weight is 457 g/mol. The van der Waals surface area contributed by atoms with Gasteiger partial charge in [0.15, 0.2) is 18.2 Å². The van der Waals surface area contributed by atoms with Crippen LogP contribution in [0.1, 0.15) is 43.4 Å². The number of carbonyl (C=O) groups excluding carboxylic acids is 1. The maximum Gasteiger partial charge on any atom is 0.422 e. The van der Waals surface area contributed by atoms with E-state index < -0.39 is 25.3 Å². The minimum Gasteiger partial charge on any atom is -0.483 e. The summed E-state index contributed by atoms with van der Waals surface area (Å²) in [5.41, 5.74) is 0.951. The SMILES string of the molecule is C[C@@H](CC(=O)Cc1cnc(N2CCC[C@H]2CF)c(F)c1)c1ccc(OCC(F)(F)F)cn1. The van der Waals surface area contributed by atoms with E-state index in [1.807, 2.05) is 0 Å². The van der Waals surface area contributed by atoms with Gasteiger partial charge >= 0.3 is 6.18 Å². The van der Waals surface area contributed by atoms with Gasteiger partial charge in [-0.3, -0.25) is 9.78 Å². The summed E-state index contributed by atoms with van der Waals surface area (Å²) in [6.45, 7) is 0.338. The van der Waals surface area contributed by atoms with Gasteiger partial charge in [-0.2, -0.15) is 13.2 Å². The van der Waals surface area contributed by atoms with E-state index >= 15 is 0 Å². The molecule has 0 saturated carbocycles. The molecule has 1 aliphatic heterocycles. The molecule has 1 fully saturated rings. The largest absolute Gasteiger partial charge is 0.483 e. The monoisotopic (exact) mass is 457 g/mol. The lowest BCUT2D eigenvalue weighted by Gasteiger charge is -2.24. The Balaban J connectivity index is 1.55. The lowest BCUT2D eigenvalue weighted by molar-refractivity contribution is -0.153. The topological polar surface area (TPSA) is 55.3 Å². The van der Waals surface area contributed by atoms with Crippen molar-refractivity contribution in [2.24, 2.45) is 0 Å². The molecule has 0 bridgehead atoms. The maximum absolute atomic E-state index is 14.5. The summed E-state index contributed by atoms with van der Waals surface area (Å²) in [4.78, 5) is 22.3. The lowest BCUT2D eigenvalue weighted by atomic mass is 9.97. The maximum atomic E-state index is 14.5. The summed E-state index contributed by atoms with van der Waals surface area (Å²) in [5.74, 6) is -0.939. The molecule has 2 aromatic rings. The van der Waals surface area contributed by atoms with E-state index in [-0.39, 0.29) is 42.2 Å². The summed E-state index contributed by atoms with van der Waals surface area (Å²) in [5, 5.41) is 0. The number of hydrogen-bond donors (Lipinski definition) is 0. The number of rotatable bonds is 9. The summed E-state index contributed by atoms with van der Waals surface area (Å²) < 4.78 is 68.8. The Morgan fingerprint density at radius 2 is 2.06 bits per heavy atom. The van der Waals surface area contributed by atoms with Gasteiger partial charge < -0.3 is 9.64 Å². The van der Waals surface area contributed by atoms with E-state index in [1.54, 1.807) is 11.8 Å². The van der Waals surface area contributed by atoms with E-state index in [2.05, 4.69) is 14.7 Å². The van der Waals surface area contributed by atoms with Crippen LogP contribution in [-0.4, -0.2) is 47.8 Å². The number of aromatic nitrogens is 2. The molecule has 0 unspecified atom stereocenters. The standard InChI is InChI=1S/C22H24F5N3O2/c1-14(20-5-4-18(12-28-20)32-13-22(25,26)27)7-17(31)8-15-9-19(24)21(29-11-15)30-6-2-3-16(30)10-23/h4-5,9,11-12,14,16H,2-3,6-8,10,13H2,1H3/t14-,16-/m0/s1. The molecular formula is C22H24F5N3O2. The van der Waals surface area contributed by atoms with Crippen molar-refractivity contribution in [3.05, 3.63) is 47.7 Å². The van der Waals surface area contributed by atoms with Crippen LogP contribution in [0.3, 0.4) is 0 Å². The van der Waals surface area contributed by atoms with E-state index in [0.717, 1.165) is 6.42 Å². The average Bonchev–Trinajstić information content (AvgIpc) is 3.20. The molecule has 1 saturated heterocycles. The number of Topliss-reactive ketones (excluding diaryl/α,β-unsaturated/α-hetero) is 1. The number of pyridine rings is 2. The number of nitrogens with zero attached hydrogens (tertiary/aromatic N) is 3. The predicted octanol–water partition coefficient (Wildman–Crippen LogP) is 4.80. The Morgan fingerprint density at radius 3 is 2.69 bits per heavy atom. The molecule has 2 aromatic heterocycles. The van der Waals surface area contributed by atoms with Crippen LogP contribution >= 0.6 is 0 Å². The third-order valence-corrected chi connectivity index (χ3v) is 5.31. The van der Waals surface area contributed by atoms with E-state index in [4.69, 9.17) is 0 Å². The molecule has 174 valence electrons. The zero-order chi connectivity index (χ0) is 23.3. The van der Waals surface area contributed by atoms with Crippen molar-refractivity contribution in [3.63, 3.8) is 0 Å². The normalized spacial score (nSPS) is 17.4. The van der Waals surface area contributed by atoms with Crippen LogP contribution in [0.5, 0.6) is 5.75 Å². The molecule has 0 aromatic carbocycles. The number of carbonyl (C=O) groups is 1. The second-order valence-electron chi connectivity index (χ2n) is 7.94. The van der Waals surface area contributed by atoms with Gasteiger partial charge in [-0.15, -0.1) is 0 Å². The van der Waals surface area contributed by atoms with Crippen LogP contribution in [0, 0.1) is 5.82 Å². The van der Waals surface area contributed by atoms with Gasteiger partial charge in [0.25, 0.3) is 0 Å². The number of alkyl halides is 4. The highest BCUT2D eigenvalue weighted by atomic mass is 19.4. The molecule has 0 spiro atoms. The molecule has 0 amide bonds. The van der Waals surface area contributed by atoms with E-state index in [9.17, 15) is 26.7 Å². The first-order chi connectivity index (χ1) is 15.2. The van der Waals surface area contributed by atoms with E-state index in [1.165, 1.54) is 30.6 Å². The van der Waals surface area contributed by atoms with Gasteiger partial charge in [-0.1, -0.05) is 6.92 Å². The molecule has 10 heteroatoms. The summed E-state index contributed by atoms with van der Waals surface area (Å²) >= 11 is 0. The Bertz CT molecular complexity index is 921. The zero-order valence-corrected chi connectivity index (χ0v) is 17.5. The van der Waals surface area contributed by atoms with Gasteiger partial charge in [0.2, 0.25) is 0 Å². The Labute approximate surface area is 182 Å². The second-order valence-corrected chi connectivity index (χ2v) is 7.94. The van der Waals surface area contributed by atoms with Crippen LogP contribution in [0.2, 0.25) is 0 Å². The fourth-order valence-corrected chi connectivity index (χ4v) is 3.73. The van der Waals surface area contributed by atoms with Gasteiger partial charge in [0, 0.05) is 37.2 Å². The lowest BCUT2D eigenvalue weighted by Crippen LogP contribution is -2.32. The number of hydrogen-bond acceptors (Lipinski definition) is 5. The Morgan fingerprint density at radius 1 is 1.28 bits per heavy atom. The second kappa shape index (κ2) is 10.2. The first-order valence-electron chi connectivity index (χ1n) is 10.3. The van der Waals surface area contributed by atoms with Crippen molar-refractivity contribution < 1.29 is 31.5 Å². The van der Waals surface area contributed by atoms with Gasteiger partial charge in [0.1, 0.15) is 18.2 Å². The Hall–Kier alpha value is -2.78. The van der Waals surface area contributed by atoms with Crippen LogP contribution in [-0.2, 0) is 11.2 Å². The van der Waals surface area contributed by atoms with Crippen molar-refractivity contribution in [1.29, 1.82) is 0 Å². The predicted molar refractivity (Wildman–Crippen MR) is 108 cm³/mol. The molecule has 3 heterocycles. The molecule has 1 aliphatic rings. The Kier molecular flexibility index (Phi) is 7.63. The first kappa shape index (κ1) is 23.9. The van der Waals surface area contributed by atoms with Gasteiger partial charge in [-0.05, 0) is 36.6 Å². The summed E-state index contributed by atoms with van der Waals surface area (Å²) in [7, 11) is 0. The fraction of sp³-hybridized carbons (Fsp3) is 0.500. The quantitative estimate of drug-likeness (QED) is 0.507. The molecule has 0 radical (unpaired) electrons. The molecule has 2 atom stereocenters. The van der Waals surface area contributed by atoms with Crippen LogP contribution in [0.15, 0.2) is 30.6 Å². The molecule has 5 nitrogen and oxygen atoms in total. The number of anilines is 1. The van der Waals surface area contributed by atoms with Crippen molar-refractivity contribution in [1.82, 2.24) is 9.97 Å². The van der Waals surface area contributed by atoms with Crippen molar-refractivity contribution >= 4 is 11.6 Å². The molecule has 0 N–H and O–H groups in total. The first-order valence-corrected chi connectivity index (χ1v) is 10.3. The highest BCUT2D eigenvalue weighted by Crippen LogP contribution is 2.27. The van der Waals surface area contributed by atoms with E-state index in [0.29, 0.717) is 24.2 Å². The third kappa shape index (κ3) is 6.37. The summed E-state index contributed by atoms with van der Waals surface area (Å²) in [6.07, 6.45) is -0.295. The summed E-state index contributed by atoms with van der Waals surface area (Å²) in [6, 6.07) is 3.76. The van der Waals surface area contributed by atoms with Crippen LogP contribution < -0.4 is 9.64 Å². The highest BCUT2D eigenvalue weighted by molar-refractivity contribution is 5.81. The van der Waals surface area contributed by atoms with Gasteiger partial charge in [-0.25, -0.2) is 13.8 Å². The molecule has 0 aliphatic carbocycles. The van der Waals surface area contributed by atoms with Crippen molar-refractivity contribution in [2.75, 3.05) is 24.7 Å². The molecular weight excluding hydrogens is 433 g/mol. The van der Waals surface area contributed by atoms with Crippen LogP contribution in [0.25, 0.3) is 0 Å². The number of ketones is 1. The number of ether oxygens (including phenoxy) is 1. The zero-order valence-electron chi connectivity index (χ0n) is 17.5. The molecule has 3 rings (SSSR count). The van der Waals surface area contributed by atoms with Gasteiger partial charge in [0.05, 0.1) is 12.2 Å². The minimum absolute atomic E-state index is 0.0146. The molecule has 32 heavy (non-hydrogen) atoms. The number of halogens is 5. The fourth-order valence-electron chi connectivity index (χ4n) is 3.73. The smallest absolute Gasteiger partial charge is 0.422 e.